The van der Waals surface area contributed by atoms with E-state index in [1.165, 1.54) is 10.8 Å². The predicted octanol–water partition coefficient (Wildman–Crippen LogP) is 3.85. The van der Waals surface area contributed by atoms with Gasteiger partial charge in [-0.2, -0.15) is 5.26 Å². The molecule has 1 N–H and O–H groups in total. The Balaban J connectivity index is 1.90. The average Bonchev–Trinajstić information content (AvgIpc) is 2.48. The normalized spacial score (nSPS) is 10.1. The molecule has 0 saturated carbocycles. The molecule has 0 unspecified atom stereocenters. The molecule has 1 heterocycles. The predicted molar refractivity (Wildman–Crippen MR) is 76.2 cm³/mol. The fraction of sp³-hybridized carbons (Fsp3) is 0. The van der Waals surface area contributed by atoms with Crippen LogP contribution in [0.3, 0.4) is 0 Å². The number of benzene rings is 2. The van der Waals surface area contributed by atoms with Gasteiger partial charge in [-0.1, -0.05) is 30.3 Å². The topological polar surface area (TPSA) is 48.7 Å². The van der Waals surface area contributed by atoms with Gasteiger partial charge in [0.15, 0.2) is 0 Å². The highest BCUT2D eigenvalue weighted by Gasteiger charge is 1.98. The third-order valence-electron chi connectivity index (χ3n) is 2.91. The van der Waals surface area contributed by atoms with Crippen LogP contribution in [0.1, 0.15) is 5.56 Å². The Hall–Kier alpha value is -2.86. The first-order valence-electron chi connectivity index (χ1n) is 5.97. The van der Waals surface area contributed by atoms with Crippen LogP contribution in [0.4, 0.5) is 11.5 Å². The minimum atomic E-state index is 0.559. The lowest BCUT2D eigenvalue weighted by molar-refractivity contribution is 1.29. The Morgan fingerprint density at radius 1 is 0.947 bits per heavy atom. The van der Waals surface area contributed by atoms with E-state index in [0.717, 1.165) is 11.5 Å². The summed E-state index contributed by atoms with van der Waals surface area (Å²) in [6.07, 6.45) is 1.56. The van der Waals surface area contributed by atoms with Crippen molar-refractivity contribution in [2.75, 3.05) is 5.32 Å². The number of anilines is 2. The highest BCUT2D eigenvalue weighted by Crippen LogP contribution is 2.21. The fourth-order valence-electron chi connectivity index (χ4n) is 1.95. The van der Waals surface area contributed by atoms with Crippen molar-refractivity contribution in [2.24, 2.45) is 0 Å². The second kappa shape index (κ2) is 4.79. The number of nitrogens with one attached hydrogen (secondary N) is 1. The van der Waals surface area contributed by atoms with Crippen LogP contribution in [0.5, 0.6) is 0 Å². The number of pyridine rings is 1. The largest absolute Gasteiger partial charge is 0.340 e. The van der Waals surface area contributed by atoms with Crippen molar-refractivity contribution in [3.8, 4) is 6.07 Å². The number of nitrogens with zero attached hydrogens (tertiary/aromatic N) is 2. The maximum Gasteiger partial charge on any atom is 0.130 e. The zero-order chi connectivity index (χ0) is 13.1. The van der Waals surface area contributed by atoms with Crippen LogP contribution in [-0.4, -0.2) is 4.98 Å². The maximum absolute atomic E-state index is 8.73. The van der Waals surface area contributed by atoms with Gasteiger partial charge in [0, 0.05) is 11.9 Å². The van der Waals surface area contributed by atoms with Gasteiger partial charge in [-0.15, -0.1) is 0 Å². The van der Waals surface area contributed by atoms with Crippen molar-refractivity contribution in [2.45, 2.75) is 0 Å². The first kappa shape index (κ1) is 11.2. The molecule has 3 rings (SSSR count). The smallest absolute Gasteiger partial charge is 0.130 e. The molecular formula is C16H11N3. The van der Waals surface area contributed by atoms with Gasteiger partial charge >= 0.3 is 0 Å². The van der Waals surface area contributed by atoms with Gasteiger partial charge in [0.1, 0.15) is 11.9 Å². The zero-order valence-electron chi connectivity index (χ0n) is 10.2. The summed E-state index contributed by atoms with van der Waals surface area (Å²) < 4.78 is 0. The zero-order valence-corrected chi connectivity index (χ0v) is 10.2. The van der Waals surface area contributed by atoms with Crippen LogP contribution >= 0.6 is 0 Å². The lowest BCUT2D eigenvalue weighted by atomic mass is 10.1. The second-order valence-corrected chi connectivity index (χ2v) is 4.23. The summed E-state index contributed by atoms with van der Waals surface area (Å²) in [6, 6.07) is 20.0. The van der Waals surface area contributed by atoms with E-state index in [1.807, 2.05) is 18.2 Å². The van der Waals surface area contributed by atoms with Crippen LogP contribution in [0, 0.1) is 11.3 Å². The molecule has 0 aliphatic heterocycles. The molecule has 19 heavy (non-hydrogen) atoms. The number of aromatic nitrogens is 1. The molecule has 0 saturated heterocycles. The van der Waals surface area contributed by atoms with E-state index < -0.39 is 0 Å². The molecule has 90 valence electrons. The van der Waals surface area contributed by atoms with Crippen molar-refractivity contribution < 1.29 is 0 Å². The Bertz CT molecular complexity index is 755. The van der Waals surface area contributed by atoms with Crippen LogP contribution in [0.2, 0.25) is 0 Å². The SMILES string of the molecule is N#Cc1ccc(Nc2ccc3ccccc3c2)nc1. The number of rotatable bonds is 2. The molecule has 0 radical (unpaired) electrons. The van der Waals surface area contributed by atoms with E-state index in [0.29, 0.717) is 5.56 Å². The van der Waals surface area contributed by atoms with E-state index in [9.17, 15) is 0 Å². The van der Waals surface area contributed by atoms with Gasteiger partial charge in [0.2, 0.25) is 0 Å². The molecule has 0 spiro atoms. The summed E-state index contributed by atoms with van der Waals surface area (Å²) in [4.78, 5) is 4.19. The maximum atomic E-state index is 8.73. The quantitative estimate of drug-likeness (QED) is 0.746. The molecule has 0 bridgehead atoms. The molecule has 3 aromatic rings. The number of hydrogen-bond acceptors (Lipinski definition) is 3. The van der Waals surface area contributed by atoms with E-state index in [4.69, 9.17) is 5.26 Å². The Kier molecular flexibility index (Phi) is 2.83. The minimum absolute atomic E-state index is 0.559. The van der Waals surface area contributed by atoms with E-state index in [1.54, 1.807) is 18.3 Å². The van der Waals surface area contributed by atoms with Crippen LogP contribution in [0.25, 0.3) is 10.8 Å². The van der Waals surface area contributed by atoms with E-state index >= 15 is 0 Å². The van der Waals surface area contributed by atoms with Crippen LogP contribution in [0.15, 0.2) is 60.8 Å². The molecule has 0 aliphatic carbocycles. The summed E-state index contributed by atoms with van der Waals surface area (Å²) >= 11 is 0. The molecular weight excluding hydrogens is 234 g/mol. The van der Waals surface area contributed by atoms with Crippen LogP contribution in [-0.2, 0) is 0 Å². The molecule has 0 fully saturated rings. The minimum Gasteiger partial charge on any atom is -0.340 e. The standard InChI is InChI=1S/C16H11N3/c17-10-12-5-8-16(18-11-12)19-15-7-6-13-3-1-2-4-14(13)9-15/h1-9,11H,(H,18,19). The van der Waals surface area contributed by atoms with Gasteiger partial charge in [-0.05, 0) is 35.0 Å². The molecule has 0 amide bonds. The molecule has 3 heteroatoms. The molecule has 0 atom stereocenters. The van der Waals surface area contributed by atoms with Gasteiger partial charge in [-0.25, -0.2) is 4.98 Å². The highest BCUT2D eigenvalue weighted by molar-refractivity contribution is 5.86. The number of nitriles is 1. The lowest BCUT2D eigenvalue weighted by Crippen LogP contribution is -1.93. The molecule has 2 aromatic carbocycles. The number of fused-ring (bicyclic) bond motifs is 1. The van der Waals surface area contributed by atoms with Crippen molar-refractivity contribution in [1.29, 1.82) is 5.26 Å². The van der Waals surface area contributed by atoms with Gasteiger partial charge < -0.3 is 5.32 Å². The van der Waals surface area contributed by atoms with Gasteiger partial charge in [-0.3, -0.25) is 0 Å². The summed E-state index contributed by atoms with van der Waals surface area (Å²) in [5, 5.41) is 14.3. The van der Waals surface area contributed by atoms with Gasteiger partial charge in [0.05, 0.1) is 5.56 Å². The van der Waals surface area contributed by atoms with Crippen molar-refractivity contribution in [3.63, 3.8) is 0 Å². The van der Waals surface area contributed by atoms with Gasteiger partial charge in [0.25, 0.3) is 0 Å². The number of hydrogen-bond donors (Lipinski definition) is 1. The van der Waals surface area contributed by atoms with Crippen molar-refractivity contribution in [3.05, 3.63) is 66.4 Å². The molecule has 3 nitrogen and oxygen atoms in total. The molecule has 0 aliphatic rings. The van der Waals surface area contributed by atoms with Crippen molar-refractivity contribution >= 4 is 22.3 Å². The molecule has 1 aromatic heterocycles. The van der Waals surface area contributed by atoms with E-state index in [-0.39, 0.29) is 0 Å². The monoisotopic (exact) mass is 245 g/mol. The lowest BCUT2D eigenvalue weighted by Gasteiger charge is -2.06. The van der Waals surface area contributed by atoms with E-state index in [2.05, 4.69) is 40.6 Å². The summed E-state index contributed by atoms with van der Waals surface area (Å²) in [5.41, 5.74) is 1.54. The third-order valence-corrected chi connectivity index (χ3v) is 2.91. The summed E-state index contributed by atoms with van der Waals surface area (Å²) in [5.74, 6) is 0.731. The Labute approximate surface area is 111 Å². The first-order chi connectivity index (χ1) is 9.35. The van der Waals surface area contributed by atoms with Crippen molar-refractivity contribution in [1.82, 2.24) is 4.98 Å². The Morgan fingerprint density at radius 3 is 2.53 bits per heavy atom. The second-order valence-electron chi connectivity index (χ2n) is 4.23. The summed E-state index contributed by atoms with van der Waals surface area (Å²) in [6.45, 7) is 0. The summed E-state index contributed by atoms with van der Waals surface area (Å²) in [7, 11) is 0. The fourth-order valence-corrected chi connectivity index (χ4v) is 1.95. The third kappa shape index (κ3) is 2.38. The Morgan fingerprint density at radius 2 is 1.79 bits per heavy atom. The highest BCUT2D eigenvalue weighted by atomic mass is 15.0. The average molecular weight is 245 g/mol. The van der Waals surface area contributed by atoms with Crippen LogP contribution < -0.4 is 5.32 Å². The first-order valence-corrected chi connectivity index (χ1v) is 5.97.